The smallest absolute Gasteiger partial charge is 0.236 e. The molecule has 7 heteroatoms. The molecule has 0 unspecified atom stereocenters. The minimum Gasteiger partial charge on any atom is -0.477 e. The Hall–Kier alpha value is -2.15. The van der Waals surface area contributed by atoms with Crippen LogP contribution in [0.2, 0.25) is 0 Å². The van der Waals surface area contributed by atoms with Gasteiger partial charge in [0, 0.05) is 11.8 Å². The van der Waals surface area contributed by atoms with Gasteiger partial charge in [-0.3, -0.25) is 10.2 Å². The van der Waals surface area contributed by atoms with Crippen LogP contribution >= 0.6 is 12.6 Å². The van der Waals surface area contributed by atoms with Gasteiger partial charge in [0.1, 0.15) is 12.4 Å². The number of rotatable bonds is 5. The van der Waals surface area contributed by atoms with Crippen molar-refractivity contribution >= 4 is 29.3 Å². The first kappa shape index (κ1) is 16.2. The van der Waals surface area contributed by atoms with Crippen molar-refractivity contribution in [2.45, 2.75) is 20.8 Å². The lowest BCUT2D eigenvalue weighted by Crippen LogP contribution is -2.42. The van der Waals surface area contributed by atoms with Crippen LogP contribution in [-0.2, 0) is 9.53 Å². The Morgan fingerprint density at radius 1 is 1.45 bits per heavy atom. The average molecular weight is 320 g/mol. The molecule has 1 aromatic carbocycles. The van der Waals surface area contributed by atoms with Gasteiger partial charge in [-0.05, 0) is 38.0 Å². The number of hydrogen-bond acceptors (Lipinski definition) is 6. The number of carbonyl (C=O) groups is 1. The summed E-state index contributed by atoms with van der Waals surface area (Å²) in [6, 6.07) is 6.04. The van der Waals surface area contributed by atoms with Gasteiger partial charge in [-0.1, -0.05) is 12.1 Å². The second-order valence-corrected chi connectivity index (χ2v) is 5.36. The highest BCUT2D eigenvalue weighted by molar-refractivity contribution is 7.96. The van der Waals surface area contributed by atoms with E-state index in [4.69, 9.17) is 4.74 Å². The second-order valence-electron chi connectivity index (χ2n) is 4.86. The van der Waals surface area contributed by atoms with Crippen molar-refractivity contribution < 1.29 is 9.53 Å². The summed E-state index contributed by atoms with van der Waals surface area (Å²) in [5.74, 6) is 1.12. The zero-order chi connectivity index (χ0) is 16.1. The molecular formula is C15H20N4O2S. The Morgan fingerprint density at radius 3 is 2.91 bits per heavy atom. The Kier molecular flexibility index (Phi) is 5.32. The number of hydrazone groups is 1. The molecule has 0 bridgehead atoms. The summed E-state index contributed by atoms with van der Waals surface area (Å²) in [6.07, 6.45) is 1.75. The first-order valence-electron chi connectivity index (χ1n) is 7.02. The third-order valence-corrected chi connectivity index (χ3v) is 3.33. The van der Waals surface area contributed by atoms with Gasteiger partial charge in [-0.15, -0.1) is 17.7 Å². The van der Waals surface area contributed by atoms with Crippen molar-refractivity contribution in [1.82, 2.24) is 10.5 Å². The number of nitrogens with one attached hydrogen (secondary N) is 2. The third kappa shape index (κ3) is 4.17. The van der Waals surface area contributed by atoms with Crippen molar-refractivity contribution in [3.8, 4) is 0 Å². The van der Waals surface area contributed by atoms with Crippen LogP contribution in [0.25, 0.3) is 0 Å². The van der Waals surface area contributed by atoms with Crippen LogP contribution in [0.5, 0.6) is 0 Å². The molecule has 1 aliphatic heterocycles. The predicted molar refractivity (Wildman–Crippen MR) is 90.5 cm³/mol. The number of carbonyl (C=O) groups excluding carboxylic acids is 1. The lowest BCUT2D eigenvalue weighted by atomic mass is 10.1. The zero-order valence-corrected chi connectivity index (χ0v) is 13.8. The zero-order valence-electron chi connectivity index (χ0n) is 12.9. The Balaban J connectivity index is 2.20. The lowest BCUT2D eigenvalue weighted by Gasteiger charge is -2.27. The number of anilines is 1. The monoisotopic (exact) mass is 320 g/mol. The number of nitrogens with zero attached hydrogens (tertiary/aromatic N) is 2. The second kappa shape index (κ2) is 7.22. The summed E-state index contributed by atoms with van der Waals surface area (Å²) >= 11 is 3.78. The Morgan fingerprint density at radius 2 is 2.23 bits per heavy atom. The van der Waals surface area contributed by atoms with E-state index in [1.807, 2.05) is 26.0 Å². The van der Waals surface area contributed by atoms with Crippen LogP contribution in [0.15, 0.2) is 35.2 Å². The molecule has 6 nitrogen and oxygen atoms in total. The fourth-order valence-electron chi connectivity index (χ4n) is 1.98. The molecule has 0 aliphatic carbocycles. The molecule has 1 heterocycles. The van der Waals surface area contributed by atoms with Crippen LogP contribution in [0, 0.1) is 13.8 Å². The minimum absolute atomic E-state index is 0.0332. The van der Waals surface area contributed by atoms with E-state index in [0.29, 0.717) is 18.3 Å². The largest absolute Gasteiger partial charge is 0.477 e. The summed E-state index contributed by atoms with van der Waals surface area (Å²) in [6.45, 7) is 6.51. The lowest BCUT2D eigenvalue weighted by molar-refractivity contribution is -0.112. The van der Waals surface area contributed by atoms with Crippen LogP contribution in [0.4, 0.5) is 5.69 Å². The number of ether oxygens (including phenoxy) is 1. The number of hydrazine groups is 1. The van der Waals surface area contributed by atoms with Gasteiger partial charge in [0.2, 0.25) is 11.0 Å². The van der Waals surface area contributed by atoms with Crippen LogP contribution in [-0.4, -0.2) is 29.3 Å². The Labute approximate surface area is 135 Å². The van der Waals surface area contributed by atoms with Crippen molar-refractivity contribution in [3.63, 3.8) is 0 Å². The van der Waals surface area contributed by atoms with Crippen molar-refractivity contribution in [2.24, 2.45) is 5.10 Å². The number of benzene rings is 1. The fourth-order valence-corrected chi connectivity index (χ4v) is 2.12. The molecule has 0 amide bonds. The van der Waals surface area contributed by atoms with Gasteiger partial charge in [-0.2, -0.15) is 5.12 Å². The van der Waals surface area contributed by atoms with E-state index in [-0.39, 0.29) is 11.7 Å². The molecular weight excluding hydrogens is 300 g/mol. The Bertz CT molecular complexity index is 628. The molecule has 118 valence electrons. The maximum absolute atomic E-state index is 11.2. The summed E-state index contributed by atoms with van der Waals surface area (Å²) in [5, 5.41) is 8.57. The first-order chi connectivity index (χ1) is 10.5. The van der Waals surface area contributed by atoms with E-state index >= 15 is 0 Å². The van der Waals surface area contributed by atoms with Crippen molar-refractivity contribution in [2.75, 3.05) is 18.5 Å². The maximum Gasteiger partial charge on any atom is 0.236 e. The third-order valence-electron chi connectivity index (χ3n) is 3.19. The van der Waals surface area contributed by atoms with Gasteiger partial charge >= 0.3 is 0 Å². The first-order valence-corrected chi connectivity index (χ1v) is 7.46. The van der Waals surface area contributed by atoms with E-state index in [9.17, 15) is 4.79 Å². The molecule has 0 saturated heterocycles. The summed E-state index contributed by atoms with van der Waals surface area (Å²) in [7, 11) is 0. The molecule has 0 spiro atoms. The standard InChI is InChI=1S/C15H20N4O2S/c1-4-21-14-8-13(17-19(18-14)9-15(20)22)16-12-7-5-6-10(2)11(12)3/h5-8,16-17H,4,9H2,1-3H3,(H,20,22). The van der Waals surface area contributed by atoms with Gasteiger partial charge in [-0.25, -0.2) is 0 Å². The highest BCUT2D eigenvalue weighted by atomic mass is 32.1. The molecule has 0 aromatic heterocycles. The van der Waals surface area contributed by atoms with Gasteiger partial charge in [0.25, 0.3) is 0 Å². The SMILES string of the molecule is CCOC1=NN(CC(=O)S)NC(Nc2cccc(C)c2C)=C1. The fraction of sp³-hybridized carbons (Fsp3) is 0.333. The summed E-state index contributed by atoms with van der Waals surface area (Å²) in [4.78, 5) is 11.2. The topological polar surface area (TPSA) is 66.0 Å². The van der Waals surface area contributed by atoms with Crippen LogP contribution in [0.1, 0.15) is 18.1 Å². The predicted octanol–water partition coefficient (Wildman–Crippen LogP) is 2.18. The molecule has 0 saturated carbocycles. The van der Waals surface area contributed by atoms with Crippen LogP contribution < -0.4 is 10.7 Å². The van der Waals surface area contributed by atoms with Gasteiger partial charge in [0.15, 0.2) is 0 Å². The molecule has 0 atom stereocenters. The van der Waals surface area contributed by atoms with Crippen molar-refractivity contribution in [1.29, 1.82) is 0 Å². The van der Waals surface area contributed by atoms with E-state index in [1.165, 1.54) is 10.7 Å². The van der Waals surface area contributed by atoms with Crippen molar-refractivity contribution in [3.05, 3.63) is 41.2 Å². The maximum atomic E-state index is 11.2. The molecule has 0 fully saturated rings. The number of thiol groups is 1. The van der Waals surface area contributed by atoms with E-state index in [0.717, 1.165) is 11.3 Å². The molecule has 22 heavy (non-hydrogen) atoms. The van der Waals surface area contributed by atoms with E-state index in [2.05, 4.69) is 41.5 Å². The van der Waals surface area contributed by atoms with Gasteiger partial charge < -0.3 is 10.1 Å². The highest BCUT2D eigenvalue weighted by Crippen LogP contribution is 2.20. The van der Waals surface area contributed by atoms with E-state index in [1.54, 1.807) is 6.08 Å². The molecule has 0 radical (unpaired) electrons. The summed E-state index contributed by atoms with van der Waals surface area (Å²) < 4.78 is 5.43. The van der Waals surface area contributed by atoms with Crippen LogP contribution in [0.3, 0.4) is 0 Å². The molecule has 2 N–H and O–H groups in total. The molecule has 2 rings (SSSR count). The average Bonchev–Trinajstić information content (AvgIpc) is 2.43. The molecule has 1 aliphatic rings. The number of aryl methyl sites for hydroxylation is 1. The summed E-state index contributed by atoms with van der Waals surface area (Å²) in [5.41, 5.74) is 6.35. The van der Waals surface area contributed by atoms with Gasteiger partial charge in [0.05, 0.1) is 6.61 Å². The number of hydrogen-bond donors (Lipinski definition) is 3. The highest BCUT2D eigenvalue weighted by Gasteiger charge is 2.16. The minimum atomic E-state index is -0.292. The van der Waals surface area contributed by atoms with E-state index < -0.39 is 0 Å². The quantitative estimate of drug-likeness (QED) is 0.726. The molecule has 1 aromatic rings. The normalized spacial score (nSPS) is 13.9.